The van der Waals surface area contributed by atoms with Crippen LogP contribution in [-0.2, 0) is 0 Å². The van der Waals surface area contributed by atoms with Crippen molar-refractivity contribution in [3.05, 3.63) is 35.4 Å². The fourth-order valence-corrected chi connectivity index (χ4v) is 3.41. The summed E-state index contributed by atoms with van der Waals surface area (Å²) in [5.41, 5.74) is 0.431. The third kappa shape index (κ3) is 4.01. The van der Waals surface area contributed by atoms with Crippen molar-refractivity contribution in [1.29, 1.82) is 0 Å². The molecule has 1 aliphatic carbocycles. The predicted molar refractivity (Wildman–Crippen MR) is 82.3 cm³/mol. The maximum atomic E-state index is 13.9. The highest BCUT2D eigenvalue weighted by molar-refractivity contribution is 5.22. The third-order valence-corrected chi connectivity index (χ3v) is 4.66. The molecule has 2 nitrogen and oxygen atoms in total. The van der Waals surface area contributed by atoms with Crippen molar-refractivity contribution in [1.82, 2.24) is 10.2 Å². The average Bonchev–Trinajstić information content (AvgIpc) is 3.01. The zero-order chi connectivity index (χ0) is 15.2. The largest absolute Gasteiger partial charge is 0.313 e. The number of nitrogens with zero attached hydrogens (tertiary/aromatic N) is 1. The van der Waals surface area contributed by atoms with Crippen LogP contribution in [0.25, 0.3) is 0 Å². The van der Waals surface area contributed by atoms with E-state index in [1.807, 2.05) is 0 Å². The van der Waals surface area contributed by atoms with Crippen LogP contribution in [0.3, 0.4) is 0 Å². The Bertz CT molecular complexity index is 444. The lowest BCUT2D eigenvalue weighted by Crippen LogP contribution is -2.35. The summed E-state index contributed by atoms with van der Waals surface area (Å²) in [6.07, 6.45) is 5.96. The van der Waals surface area contributed by atoms with E-state index in [0.29, 0.717) is 11.6 Å². The molecular formula is C17H26F2N2. The van der Waals surface area contributed by atoms with Gasteiger partial charge in [-0.1, -0.05) is 31.9 Å². The van der Waals surface area contributed by atoms with Crippen LogP contribution in [0.15, 0.2) is 18.2 Å². The second kappa shape index (κ2) is 7.85. The fourth-order valence-electron chi connectivity index (χ4n) is 3.41. The monoisotopic (exact) mass is 296 g/mol. The molecule has 0 spiro atoms. The Labute approximate surface area is 126 Å². The Balaban J connectivity index is 1.99. The molecule has 21 heavy (non-hydrogen) atoms. The summed E-state index contributed by atoms with van der Waals surface area (Å²) in [5.74, 6) is -1.49. The molecule has 2 rings (SSSR count). The first-order valence-corrected chi connectivity index (χ1v) is 8.02. The van der Waals surface area contributed by atoms with E-state index in [1.54, 1.807) is 19.2 Å². The molecule has 1 N–H and O–H groups in total. The summed E-state index contributed by atoms with van der Waals surface area (Å²) in [5, 5.41) is 3.12. The van der Waals surface area contributed by atoms with Crippen LogP contribution in [0.2, 0.25) is 0 Å². The first-order chi connectivity index (χ1) is 10.2. The van der Waals surface area contributed by atoms with Crippen molar-refractivity contribution in [2.24, 2.45) is 0 Å². The number of benzene rings is 1. The highest BCUT2D eigenvalue weighted by Gasteiger charge is 2.23. The zero-order valence-corrected chi connectivity index (χ0v) is 13.0. The van der Waals surface area contributed by atoms with E-state index in [-0.39, 0.29) is 6.04 Å². The van der Waals surface area contributed by atoms with Gasteiger partial charge in [-0.05, 0) is 38.9 Å². The van der Waals surface area contributed by atoms with E-state index in [4.69, 9.17) is 0 Å². The van der Waals surface area contributed by atoms with Crippen LogP contribution in [0, 0.1) is 11.6 Å². The molecule has 1 aromatic carbocycles. The summed E-state index contributed by atoms with van der Waals surface area (Å²) >= 11 is 0. The number of nitrogens with one attached hydrogen (secondary N) is 1. The van der Waals surface area contributed by atoms with E-state index >= 15 is 0 Å². The second-order valence-electron chi connectivity index (χ2n) is 5.84. The fraction of sp³-hybridized carbons (Fsp3) is 0.647. The zero-order valence-electron chi connectivity index (χ0n) is 13.0. The SMILES string of the molecule is CCN(CCC(NC)c1cccc(F)c1F)C1CCCC1. The van der Waals surface area contributed by atoms with Crippen molar-refractivity contribution in [2.45, 2.75) is 51.1 Å². The predicted octanol–water partition coefficient (Wildman–Crippen LogP) is 3.88. The highest BCUT2D eigenvalue weighted by Crippen LogP contribution is 2.26. The maximum Gasteiger partial charge on any atom is 0.163 e. The Morgan fingerprint density at radius 2 is 2.00 bits per heavy atom. The normalized spacial score (nSPS) is 17.6. The van der Waals surface area contributed by atoms with Crippen LogP contribution >= 0.6 is 0 Å². The van der Waals surface area contributed by atoms with Gasteiger partial charge in [0.25, 0.3) is 0 Å². The Hall–Kier alpha value is -1.00. The molecule has 118 valence electrons. The lowest BCUT2D eigenvalue weighted by molar-refractivity contribution is 0.198. The van der Waals surface area contributed by atoms with Gasteiger partial charge in [0.15, 0.2) is 11.6 Å². The highest BCUT2D eigenvalue weighted by atomic mass is 19.2. The van der Waals surface area contributed by atoms with Gasteiger partial charge in [-0.25, -0.2) is 8.78 Å². The summed E-state index contributed by atoms with van der Waals surface area (Å²) < 4.78 is 27.3. The molecule has 0 aromatic heterocycles. The third-order valence-electron chi connectivity index (χ3n) is 4.66. The molecular weight excluding hydrogens is 270 g/mol. The first-order valence-electron chi connectivity index (χ1n) is 8.02. The van der Waals surface area contributed by atoms with Crippen LogP contribution in [0.5, 0.6) is 0 Å². The molecule has 1 saturated carbocycles. The van der Waals surface area contributed by atoms with Crippen molar-refractivity contribution in [3.63, 3.8) is 0 Å². The molecule has 0 aliphatic heterocycles. The topological polar surface area (TPSA) is 15.3 Å². The minimum atomic E-state index is -0.768. The molecule has 1 unspecified atom stereocenters. The van der Waals surface area contributed by atoms with Gasteiger partial charge in [-0.2, -0.15) is 0 Å². The Morgan fingerprint density at radius 3 is 2.62 bits per heavy atom. The molecule has 1 fully saturated rings. The van der Waals surface area contributed by atoms with E-state index in [0.717, 1.165) is 19.5 Å². The summed E-state index contributed by atoms with van der Waals surface area (Å²) in [6.45, 7) is 4.12. The maximum absolute atomic E-state index is 13.9. The van der Waals surface area contributed by atoms with E-state index in [1.165, 1.54) is 31.7 Å². The van der Waals surface area contributed by atoms with Gasteiger partial charge in [0.2, 0.25) is 0 Å². The van der Waals surface area contributed by atoms with Gasteiger partial charge >= 0.3 is 0 Å². The van der Waals surface area contributed by atoms with Gasteiger partial charge in [0, 0.05) is 24.2 Å². The Morgan fingerprint density at radius 1 is 1.29 bits per heavy atom. The molecule has 1 aromatic rings. The quantitative estimate of drug-likeness (QED) is 0.821. The van der Waals surface area contributed by atoms with E-state index < -0.39 is 11.6 Å². The molecule has 0 bridgehead atoms. The lowest BCUT2D eigenvalue weighted by Gasteiger charge is -2.29. The number of hydrogen-bond acceptors (Lipinski definition) is 2. The van der Waals surface area contributed by atoms with Crippen LogP contribution in [0.1, 0.15) is 50.6 Å². The summed E-state index contributed by atoms with van der Waals surface area (Å²) in [7, 11) is 1.81. The van der Waals surface area contributed by atoms with Crippen molar-refractivity contribution < 1.29 is 8.78 Å². The summed E-state index contributed by atoms with van der Waals surface area (Å²) in [6, 6.07) is 4.95. The van der Waals surface area contributed by atoms with E-state index in [9.17, 15) is 8.78 Å². The molecule has 0 amide bonds. The van der Waals surface area contributed by atoms with Gasteiger partial charge in [-0.15, -0.1) is 0 Å². The van der Waals surface area contributed by atoms with Crippen molar-refractivity contribution in [2.75, 3.05) is 20.1 Å². The van der Waals surface area contributed by atoms with Crippen LogP contribution in [0.4, 0.5) is 8.78 Å². The minimum Gasteiger partial charge on any atom is -0.313 e. The number of hydrogen-bond donors (Lipinski definition) is 1. The van der Waals surface area contributed by atoms with Gasteiger partial charge in [0.05, 0.1) is 0 Å². The molecule has 1 aliphatic rings. The van der Waals surface area contributed by atoms with Crippen molar-refractivity contribution in [3.8, 4) is 0 Å². The molecule has 0 radical (unpaired) electrons. The van der Waals surface area contributed by atoms with Gasteiger partial charge < -0.3 is 10.2 Å². The molecule has 1 atom stereocenters. The average molecular weight is 296 g/mol. The Kier molecular flexibility index (Phi) is 6.12. The molecule has 0 heterocycles. The smallest absolute Gasteiger partial charge is 0.163 e. The van der Waals surface area contributed by atoms with Crippen LogP contribution in [-0.4, -0.2) is 31.1 Å². The standard InChI is InChI=1S/C17H26F2N2/c1-3-21(13-7-4-5-8-13)12-11-16(20-2)14-9-6-10-15(18)17(14)19/h6,9-10,13,16,20H,3-5,7-8,11-12H2,1-2H3. The molecule has 0 saturated heterocycles. The molecule has 4 heteroatoms. The first kappa shape index (κ1) is 16.4. The van der Waals surface area contributed by atoms with Crippen LogP contribution < -0.4 is 5.32 Å². The second-order valence-corrected chi connectivity index (χ2v) is 5.84. The van der Waals surface area contributed by atoms with E-state index in [2.05, 4.69) is 17.1 Å². The van der Waals surface area contributed by atoms with Crippen molar-refractivity contribution >= 4 is 0 Å². The van der Waals surface area contributed by atoms with Gasteiger partial charge in [0.1, 0.15) is 0 Å². The number of halogens is 2. The summed E-state index contributed by atoms with van der Waals surface area (Å²) in [4.78, 5) is 2.48. The lowest BCUT2D eigenvalue weighted by atomic mass is 10.0. The minimum absolute atomic E-state index is 0.142. The number of rotatable bonds is 7. The van der Waals surface area contributed by atoms with Gasteiger partial charge in [-0.3, -0.25) is 0 Å².